The average molecular weight is 354 g/mol. The smallest absolute Gasteiger partial charge is 0.227 e. The zero-order valence-electron chi connectivity index (χ0n) is 16.6. The lowest BCUT2D eigenvalue weighted by Crippen LogP contribution is -2.39. The van der Waals surface area contributed by atoms with Crippen molar-refractivity contribution in [2.24, 2.45) is 13.0 Å². The molecule has 0 bridgehead atoms. The van der Waals surface area contributed by atoms with Crippen LogP contribution in [-0.2, 0) is 24.7 Å². The van der Waals surface area contributed by atoms with Crippen LogP contribution in [-0.4, -0.2) is 33.7 Å². The molecule has 1 aromatic heterocycles. The summed E-state index contributed by atoms with van der Waals surface area (Å²) in [4.78, 5) is 14.7. The second-order valence-corrected chi connectivity index (χ2v) is 7.80. The Morgan fingerprint density at radius 1 is 1.12 bits per heavy atom. The fourth-order valence-corrected chi connectivity index (χ4v) is 3.93. The van der Waals surface area contributed by atoms with Gasteiger partial charge in [-0.1, -0.05) is 29.8 Å². The van der Waals surface area contributed by atoms with Crippen molar-refractivity contribution >= 4 is 5.91 Å². The highest BCUT2D eigenvalue weighted by Crippen LogP contribution is 2.24. The minimum absolute atomic E-state index is 0.251. The number of nitrogens with zero attached hydrogens (tertiary/aromatic N) is 3. The zero-order chi connectivity index (χ0) is 18.7. The molecule has 4 heteroatoms. The molecule has 0 N–H and O–H groups in total. The standard InChI is InChI=1S/C22H31N3O/c1-16-5-7-19(8-6-16)9-10-20-11-13-25(14-12-20)22(26)15-21-17(2)23-24(4)18(21)3/h5-8,20H,9-15H2,1-4H3. The van der Waals surface area contributed by atoms with Crippen LogP contribution < -0.4 is 0 Å². The number of aryl methyl sites for hydroxylation is 4. The van der Waals surface area contributed by atoms with Gasteiger partial charge in [0.15, 0.2) is 0 Å². The van der Waals surface area contributed by atoms with E-state index in [0.29, 0.717) is 6.42 Å². The molecule has 0 atom stereocenters. The number of aromatic nitrogens is 2. The molecular weight excluding hydrogens is 322 g/mol. The van der Waals surface area contributed by atoms with Crippen LogP contribution in [0.2, 0.25) is 0 Å². The number of carbonyl (C=O) groups excluding carboxylic acids is 1. The van der Waals surface area contributed by atoms with Crippen molar-refractivity contribution in [3.63, 3.8) is 0 Å². The van der Waals surface area contributed by atoms with Crippen LogP contribution in [0.5, 0.6) is 0 Å². The van der Waals surface area contributed by atoms with Gasteiger partial charge in [0.1, 0.15) is 0 Å². The molecule has 1 aliphatic rings. The van der Waals surface area contributed by atoms with E-state index in [2.05, 4.69) is 36.3 Å². The van der Waals surface area contributed by atoms with E-state index in [1.54, 1.807) is 0 Å². The second kappa shape index (κ2) is 8.07. The number of hydrogen-bond donors (Lipinski definition) is 0. The summed E-state index contributed by atoms with van der Waals surface area (Å²) < 4.78 is 1.87. The molecule has 3 rings (SSSR count). The Kier molecular flexibility index (Phi) is 5.80. The number of amides is 1. The summed E-state index contributed by atoms with van der Waals surface area (Å²) in [6.45, 7) is 7.96. The molecule has 0 radical (unpaired) electrons. The highest BCUT2D eigenvalue weighted by Gasteiger charge is 2.24. The lowest BCUT2D eigenvalue weighted by Gasteiger charge is -2.32. The third kappa shape index (κ3) is 4.35. The van der Waals surface area contributed by atoms with E-state index in [4.69, 9.17) is 0 Å². The Balaban J connectivity index is 1.47. The van der Waals surface area contributed by atoms with E-state index >= 15 is 0 Å². The Hall–Kier alpha value is -2.10. The maximum absolute atomic E-state index is 12.7. The number of piperidine rings is 1. The summed E-state index contributed by atoms with van der Waals surface area (Å²) in [5, 5.41) is 4.43. The highest BCUT2D eigenvalue weighted by molar-refractivity contribution is 5.79. The maximum atomic E-state index is 12.7. The van der Waals surface area contributed by atoms with Gasteiger partial charge in [0, 0.05) is 31.4 Å². The first-order chi connectivity index (χ1) is 12.4. The van der Waals surface area contributed by atoms with Crippen LogP contribution in [0.4, 0.5) is 0 Å². The van der Waals surface area contributed by atoms with Gasteiger partial charge in [-0.15, -0.1) is 0 Å². The predicted octanol–water partition coefficient (Wildman–Crippen LogP) is 3.76. The lowest BCUT2D eigenvalue weighted by atomic mass is 9.90. The van der Waals surface area contributed by atoms with Crippen LogP contribution in [0.3, 0.4) is 0 Å². The minimum atomic E-state index is 0.251. The molecule has 0 unspecified atom stereocenters. The van der Waals surface area contributed by atoms with Crippen molar-refractivity contribution < 1.29 is 4.79 Å². The SMILES string of the molecule is Cc1ccc(CCC2CCN(C(=O)Cc3c(C)nn(C)c3C)CC2)cc1. The summed E-state index contributed by atoms with van der Waals surface area (Å²) in [5.74, 6) is 0.989. The van der Waals surface area contributed by atoms with Gasteiger partial charge in [0.25, 0.3) is 0 Å². The van der Waals surface area contributed by atoms with Crippen LogP contribution in [0.15, 0.2) is 24.3 Å². The topological polar surface area (TPSA) is 38.1 Å². The fourth-order valence-electron chi connectivity index (χ4n) is 3.93. The van der Waals surface area contributed by atoms with Crippen molar-refractivity contribution in [3.8, 4) is 0 Å². The third-order valence-corrected chi connectivity index (χ3v) is 5.92. The van der Waals surface area contributed by atoms with E-state index in [-0.39, 0.29) is 5.91 Å². The van der Waals surface area contributed by atoms with Crippen LogP contribution in [0.1, 0.15) is 47.3 Å². The third-order valence-electron chi connectivity index (χ3n) is 5.92. The van der Waals surface area contributed by atoms with Crippen molar-refractivity contribution in [3.05, 3.63) is 52.3 Å². The summed E-state index contributed by atoms with van der Waals surface area (Å²) in [7, 11) is 1.94. The normalized spacial score (nSPS) is 15.5. The van der Waals surface area contributed by atoms with Gasteiger partial charge >= 0.3 is 0 Å². The minimum Gasteiger partial charge on any atom is -0.342 e. The molecule has 0 aliphatic carbocycles. The Morgan fingerprint density at radius 2 is 1.77 bits per heavy atom. The number of hydrogen-bond acceptors (Lipinski definition) is 2. The molecule has 1 fully saturated rings. The monoisotopic (exact) mass is 353 g/mol. The summed E-state index contributed by atoms with van der Waals surface area (Å²) in [6, 6.07) is 8.87. The first-order valence-corrected chi connectivity index (χ1v) is 9.76. The first-order valence-electron chi connectivity index (χ1n) is 9.76. The molecule has 0 spiro atoms. The molecule has 2 aromatic rings. The van der Waals surface area contributed by atoms with Crippen LogP contribution >= 0.6 is 0 Å². The van der Waals surface area contributed by atoms with Crippen molar-refractivity contribution in [1.29, 1.82) is 0 Å². The number of carbonyl (C=O) groups is 1. The zero-order valence-corrected chi connectivity index (χ0v) is 16.6. The van der Waals surface area contributed by atoms with Crippen LogP contribution in [0.25, 0.3) is 0 Å². The maximum Gasteiger partial charge on any atom is 0.227 e. The van der Waals surface area contributed by atoms with Gasteiger partial charge in [0.2, 0.25) is 5.91 Å². The number of rotatable bonds is 5. The van der Waals surface area contributed by atoms with Crippen LogP contribution in [0, 0.1) is 26.7 Å². The summed E-state index contributed by atoms with van der Waals surface area (Å²) >= 11 is 0. The first kappa shape index (κ1) is 18.7. The van der Waals surface area contributed by atoms with E-state index in [1.807, 2.05) is 30.5 Å². The Labute approximate surface area is 157 Å². The summed E-state index contributed by atoms with van der Waals surface area (Å²) in [6.07, 6.45) is 5.11. The molecule has 140 valence electrons. The Morgan fingerprint density at radius 3 is 2.35 bits per heavy atom. The molecule has 1 aliphatic heterocycles. The van der Waals surface area contributed by atoms with E-state index in [1.165, 1.54) is 17.5 Å². The molecule has 1 aromatic carbocycles. The molecule has 1 amide bonds. The van der Waals surface area contributed by atoms with Gasteiger partial charge < -0.3 is 4.90 Å². The molecule has 4 nitrogen and oxygen atoms in total. The molecular formula is C22H31N3O. The van der Waals surface area contributed by atoms with Crippen molar-refractivity contribution in [1.82, 2.24) is 14.7 Å². The summed E-state index contributed by atoms with van der Waals surface area (Å²) in [5.41, 5.74) is 5.92. The largest absolute Gasteiger partial charge is 0.342 e. The molecule has 26 heavy (non-hydrogen) atoms. The molecule has 0 saturated carbocycles. The van der Waals surface area contributed by atoms with Gasteiger partial charge in [-0.05, 0) is 57.9 Å². The number of benzene rings is 1. The van der Waals surface area contributed by atoms with Gasteiger partial charge in [-0.2, -0.15) is 5.10 Å². The molecule has 2 heterocycles. The second-order valence-electron chi connectivity index (χ2n) is 7.80. The highest BCUT2D eigenvalue weighted by atomic mass is 16.2. The van der Waals surface area contributed by atoms with Gasteiger partial charge in [-0.25, -0.2) is 0 Å². The van der Waals surface area contributed by atoms with E-state index in [0.717, 1.165) is 55.2 Å². The molecule has 1 saturated heterocycles. The van der Waals surface area contributed by atoms with Gasteiger partial charge in [-0.3, -0.25) is 9.48 Å². The van der Waals surface area contributed by atoms with Crippen molar-refractivity contribution in [2.75, 3.05) is 13.1 Å². The van der Waals surface area contributed by atoms with E-state index < -0.39 is 0 Å². The van der Waals surface area contributed by atoms with Gasteiger partial charge in [0.05, 0.1) is 12.1 Å². The fraction of sp³-hybridized carbons (Fsp3) is 0.545. The average Bonchev–Trinajstić information content (AvgIpc) is 2.88. The Bertz CT molecular complexity index is 752. The van der Waals surface area contributed by atoms with Crippen molar-refractivity contribution in [2.45, 2.75) is 52.9 Å². The number of likely N-dealkylation sites (tertiary alicyclic amines) is 1. The quantitative estimate of drug-likeness (QED) is 0.821. The predicted molar refractivity (Wildman–Crippen MR) is 105 cm³/mol. The van der Waals surface area contributed by atoms with E-state index in [9.17, 15) is 4.79 Å². The lowest BCUT2D eigenvalue weighted by molar-refractivity contribution is -0.131.